The minimum absolute atomic E-state index is 0.0516. The Labute approximate surface area is 180 Å². The second kappa shape index (κ2) is 8.27. The Morgan fingerprint density at radius 2 is 1.87 bits per heavy atom. The summed E-state index contributed by atoms with van der Waals surface area (Å²) in [7, 11) is -3.74. The first-order chi connectivity index (χ1) is 14.4. The van der Waals surface area contributed by atoms with Gasteiger partial charge in [-0.25, -0.2) is 22.6 Å². The molecule has 0 fully saturated rings. The average Bonchev–Trinajstić information content (AvgIpc) is 3.02. The van der Waals surface area contributed by atoms with Crippen LogP contribution in [0.4, 0.5) is 0 Å². The molecule has 166 valence electrons. The molecule has 2 aromatic heterocycles. The van der Waals surface area contributed by atoms with Crippen molar-refractivity contribution in [2.24, 2.45) is 0 Å². The van der Waals surface area contributed by atoms with Crippen molar-refractivity contribution in [3.63, 3.8) is 0 Å². The first-order valence-corrected chi connectivity index (χ1v) is 11.3. The number of sulfonamides is 1. The monoisotopic (exact) mass is 445 g/mol. The van der Waals surface area contributed by atoms with Gasteiger partial charge in [0.25, 0.3) is 5.56 Å². The predicted octanol–water partition coefficient (Wildman–Crippen LogP) is 1.58. The highest BCUT2D eigenvalue weighted by Gasteiger charge is 2.24. The Morgan fingerprint density at radius 1 is 1.19 bits per heavy atom. The molecule has 0 aliphatic rings. The molecule has 9 nitrogen and oxygen atoms in total. The van der Waals surface area contributed by atoms with Crippen LogP contribution in [0.3, 0.4) is 0 Å². The van der Waals surface area contributed by atoms with Crippen LogP contribution in [-0.4, -0.2) is 34.5 Å². The quantitative estimate of drug-likeness (QED) is 0.531. The zero-order chi connectivity index (χ0) is 23.0. The fourth-order valence-electron chi connectivity index (χ4n) is 3.40. The lowest BCUT2D eigenvalue weighted by molar-refractivity contribution is -0.120. The van der Waals surface area contributed by atoms with Crippen molar-refractivity contribution < 1.29 is 13.2 Å². The Bertz CT molecular complexity index is 1300. The fourth-order valence-corrected chi connectivity index (χ4v) is 5.06. The fraction of sp³-hybridized carbons (Fsp3) is 0.381. The Hall–Kier alpha value is -2.98. The molecule has 0 atom stereocenters. The third-order valence-electron chi connectivity index (χ3n) is 4.72. The van der Waals surface area contributed by atoms with E-state index >= 15 is 0 Å². The number of amides is 1. The summed E-state index contributed by atoms with van der Waals surface area (Å²) in [5, 5.41) is 5.45. The van der Waals surface area contributed by atoms with E-state index in [1.54, 1.807) is 57.3 Å². The minimum atomic E-state index is -3.74. The van der Waals surface area contributed by atoms with Gasteiger partial charge in [-0.15, -0.1) is 0 Å². The molecule has 1 amide bonds. The van der Waals surface area contributed by atoms with Crippen LogP contribution >= 0.6 is 0 Å². The molecule has 3 N–H and O–H groups in total. The highest BCUT2D eigenvalue weighted by molar-refractivity contribution is 7.89. The number of aromatic amines is 1. The molecule has 0 saturated carbocycles. The number of aromatic nitrogens is 3. The zero-order valence-corrected chi connectivity index (χ0v) is 19.1. The Balaban J connectivity index is 1.79. The number of aryl methyl sites for hydroxylation is 2. The third-order valence-corrected chi connectivity index (χ3v) is 6.58. The van der Waals surface area contributed by atoms with Gasteiger partial charge in [-0.2, -0.15) is 0 Å². The summed E-state index contributed by atoms with van der Waals surface area (Å²) in [6, 6.07) is 7.96. The molecule has 10 heteroatoms. The molecular weight excluding hydrogens is 418 g/mol. The van der Waals surface area contributed by atoms with Crippen LogP contribution in [0.2, 0.25) is 0 Å². The van der Waals surface area contributed by atoms with Gasteiger partial charge < -0.3 is 5.32 Å². The molecule has 0 unspecified atom stereocenters. The number of fused-ring (bicyclic) bond motifs is 1. The van der Waals surface area contributed by atoms with E-state index in [0.29, 0.717) is 22.5 Å². The molecule has 0 spiro atoms. The summed E-state index contributed by atoms with van der Waals surface area (Å²) in [5.41, 5.74) is 2.17. The number of hydrogen-bond acceptors (Lipinski definition) is 5. The smallest absolute Gasteiger partial charge is 0.266 e. The summed E-state index contributed by atoms with van der Waals surface area (Å²) in [6.45, 7) is 8.95. The van der Waals surface area contributed by atoms with E-state index in [1.165, 1.54) is 12.1 Å². The molecule has 0 saturated heterocycles. The summed E-state index contributed by atoms with van der Waals surface area (Å²) in [5.74, 6) is -0.280. The van der Waals surface area contributed by atoms with Gasteiger partial charge in [0.05, 0.1) is 11.3 Å². The van der Waals surface area contributed by atoms with E-state index in [4.69, 9.17) is 0 Å². The molecule has 0 radical (unpaired) electrons. The van der Waals surface area contributed by atoms with Gasteiger partial charge in [-0.1, -0.05) is 18.2 Å². The molecule has 0 aliphatic heterocycles. The van der Waals surface area contributed by atoms with E-state index in [1.807, 2.05) is 0 Å². The number of carbonyl (C=O) groups is 1. The normalized spacial score (nSPS) is 12.3. The Morgan fingerprint density at radius 3 is 2.55 bits per heavy atom. The van der Waals surface area contributed by atoms with Gasteiger partial charge >= 0.3 is 0 Å². The van der Waals surface area contributed by atoms with E-state index < -0.39 is 15.6 Å². The second-order valence-electron chi connectivity index (χ2n) is 8.49. The number of H-pyrrole nitrogens is 1. The molecule has 2 heterocycles. The van der Waals surface area contributed by atoms with Crippen LogP contribution in [0.15, 0.2) is 40.0 Å². The van der Waals surface area contributed by atoms with Gasteiger partial charge in [0.1, 0.15) is 0 Å². The van der Waals surface area contributed by atoms with Crippen molar-refractivity contribution in [1.29, 1.82) is 0 Å². The lowest BCUT2D eigenvalue weighted by atomic mass is 10.1. The summed E-state index contributed by atoms with van der Waals surface area (Å²) >= 11 is 0. The first kappa shape index (κ1) is 22.7. The largest absolute Gasteiger partial charge is 0.352 e. The van der Waals surface area contributed by atoms with Crippen molar-refractivity contribution in [2.75, 3.05) is 0 Å². The lowest BCUT2D eigenvalue weighted by Crippen LogP contribution is -2.41. The number of nitrogens with one attached hydrogen (secondary N) is 3. The summed E-state index contributed by atoms with van der Waals surface area (Å²) < 4.78 is 29.7. The standard InChI is InChI=1S/C21H27N5O4S/c1-13-16(14(2)26-18(23-13)11-20(28)24-26)10-19(27)22-12-15-8-6-7-9-17(15)31(29,30)25-21(3,4)5/h6-9,11,25H,10,12H2,1-5H3,(H,22,27)(H,24,28). The van der Waals surface area contributed by atoms with Crippen LogP contribution < -0.4 is 15.6 Å². The predicted molar refractivity (Wildman–Crippen MR) is 117 cm³/mol. The lowest BCUT2D eigenvalue weighted by Gasteiger charge is -2.21. The van der Waals surface area contributed by atoms with Gasteiger partial charge in [-0.3, -0.25) is 14.7 Å². The Kier molecular flexibility index (Phi) is 6.06. The number of carbonyl (C=O) groups excluding carboxylic acids is 1. The van der Waals surface area contributed by atoms with Crippen molar-refractivity contribution in [1.82, 2.24) is 24.6 Å². The van der Waals surface area contributed by atoms with Crippen LogP contribution in [-0.2, 0) is 27.8 Å². The topological polar surface area (TPSA) is 125 Å². The van der Waals surface area contributed by atoms with Crippen molar-refractivity contribution in [3.8, 4) is 0 Å². The maximum absolute atomic E-state index is 12.8. The van der Waals surface area contributed by atoms with Crippen LogP contribution in [0.5, 0.6) is 0 Å². The van der Waals surface area contributed by atoms with Crippen LogP contribution in [0.25, 0.3) is 5.65 Å². The second-order valence-corrected chi connectivity index (χ2v) is 10.1. The first-order valence-electron chi connectivity index (χ1n) is 9.84. The van der Waals surface area contributed by atoms with Gasteiger partial charge in [0.15, 0.2) is 5.65 Å². The molecule has 1 aromatic carbocycles. The van der Waals surface area contributed by atoms with Crippen molar-refractivity contribution >= 4 is 21.6 Å². The van der Waals surface area contributed by atoms with Crippen molar-refractivity contribution in [3.05, 3.63) is 63.2 Å². The molecule has 3 rings (SSSR count). The minimum Gasteiger partial charge on any atom is -0.352 e. The number of hydrogen-bond donors (Lipinski definition) is 3. The van der Waals surface area contributed by atoms with E-state index in [9.17, 15) is 18.0 Å². The molecule has 31 heavy (non-hydrogen) atoms. The third kappa shape index (κ3) is 5.20. The van der Waals surface area contributed by atoms with E-state index in [0.717, 1.165) is 5.69 Å². The molecular formula is C21H27N5O4S. The molecule has 0 aliphatic carbocycles. The number of benzene rings is 1. The van der Waals surface area contributed by atoms with Crippen LogP contribution in [0.1, 0.15) is 43.3 Å². The number of nitrogens with zero attached hydrogens (tertiary/aromatic N) is 2. The summed E-state index contributed by atoms with van der Waals surface area (Å²) in [4.78, 5) is 28.7. The highest BCUT2D eigenvalue weighted by Crippen LogP contribution is 2.18. The van der Waals surface area contributed by atoms with Crippen molar-refractivity contribution in [2.45, 2.75) is 58.0 Å². The van der Waals surface area contributed by atoms with Gasteiger partial charge in [0.2, 0.25) is 15.9 Å². The van der Waals surface area contributed by atoms with Gasteiger partial charge in [-0.05, 0) is 46.2 Å². The van der Waals surface area contributed by atoms with Gasteiger partial charge in [0, 0.05) is 35.1 Å². The number of rotatable bonds is 6. The summed E-state index contributed by atoms with van der Waals surface area (Å²) in [6.07, 6.45) is 0.0516. The average molecular weight is 446 g/mol. The highest BCUT2D eigenvalue weighted by atomic mass is 32.2. The van der Waals surface area contributed by atoms with E-state index in [-0.39, 0.29) is 29.3 Å². The molecule has 3 aromatic rings. The zero-order valence-electron chi connectivity index (χ0n) is 18.2. The maximum atomic E-state index is 12.8. The van der Waals surface area contributed by atoms with E-state index in [2.05, 4.69) is 20.1 Å². The maximum Gasteiger partial charge on any atom is 0.266 e. The van der Waals surface area contributed by atoms with Crippen LogP contribution in [0, 0.1) is 13.8 Å². The molecule has 0 bridgehead atoms. The SMILES string of the molecule is Cc1nc2cc(=O)[nH]n2c(C)c1CC(=O)NCc1ccccc1S(=O)(=O)NC(C)(C)C.